The van der Waals surface area contributed by atoms with Gasteiger partial charge in [-0.25, -0.2) is 9.48 Å². The Bertz CT molecular complexity index is 386. The first-order valence-electron chi connectivity index (χ1n) is 6.20. The maximum absolute atomic E-state index is 11.6. The number of aromatic nitrogens is 3. The average molecular weight is 255 g/mol. The Labute approximate surface area is 107 Å². The summed E-state index contributed by atoms with van der Waals surface area (Å²) in [6, 6.07) is 0.253. The van der Waals surface area contributed by atoms with Gasteiger partial charge in [0, 0.05) is 13.5 Å². The fourth-order valence-electron chi connectivity index (χ4n) is 1.93. The van der Waals surface area contributed by atoms with Crippen molar-refractivity contribution < 1.29 is 14.3 Å². The summed E-state index contributed by atoms with van der Waals surface area (Å²) in [4.78, 5) is 11.6. The third kappa shape index (κ3) is 3.07. The maximum atomic E-state index is 11.6. The Kier molecular flexibility index (Phi) is 5.77. The van der Waals surface area contributed by atoms with Gasteiger partial charge in [-0.3, -0.25) is 0 Å². The molecule has 0 radical (unpaired) electrons. The Morgan fingerprint density at radius 2 is 2.00 bits per heavy atom. The molecule has 0 atom stereocenters. The highest BCUT2D eigenvalue weighted by molar-refractivity contribution is 5.88. The highest BCUT2D eigenvalue weighted by atomic mass is 16.5. The molecule has 0 unspecified atom stereocenters. The van der Waals surface area contributed by atoms with Crippen molar-refractivity contribution >= 4 is 5.97 Å². The van der Waals surface area contributed by atoms with Crippen molar-refractivity contribution in [1.29, 1.82) is 0 Å². The van der Waals surface area contributed by atoms with Crippen molar-refractivity contribution in [2.45, 2.75) is 39.2 Å². The van der Waals surface area contributed by atoms with Crippen molar-refractivity contribution in [1.82, 2.24) is 15.0 Å². The molecule has 18 heavy (non-hydrogen) atoms. The summed E-state index contributed by atoms with van der Waals surface area (Å²) in [7, 11) is 2.97. The SMILES string of the molecule is CCC(CC)n1nnc(C(=O)OC)c1CCOC. The van der Waals surface area contributed by atoms with Gasteiger partial charge in [-0.1, -0.05) is 19.1 Å². The van der Waals surface area contributed by atoms with Crippen LogP contribution in [0.3, 0.4) is 0 Å². The third-order valence-electron chi connectivity index (χ3n) is 3.00. The first-order valence-corrected chi connectivity index (χ1v) is 6.20. The van der Waals surface area contributed by atoms with Gasteiger partial charge in [0.15, 0.2) is 5.69 Å². The molecule has 0 saturated carbocycles. The van der Waals surface area contributed by atoms with Gasteiger partial charge in [0.2, 0.25) is 0 Å². The lowest BCUT2D eigenvalue weighted by atomic mass is 10.1. The monoisotopic (exact) mass is 255 g/mol. The number of carbonyl (C=O) groups excluding carboxylic acids is 1. The molecule has 6 heteroatoms. The van der Waals surface area contributed by atoms with Gasteiger partial charge < -0.3 is 9.47 Å². The van der Waals surface area contributed by atoms with Crippen LogP contribution < -0.4 is 0 Å². The summed E-state index contributed by atoms with van der Waals surface area (Å²) < 4.78 is 11.6. The lowest BCUT2D eigenvalue weighted by molar-refractivity contribution is 0.0592. The van der Waals surface area contributed by atoms with Crippen molar-refractivity contribution in [3.8, 4) is 0 Å². The molecular formula is C12H21N3O3. The van der Waals surface area contributed by atoms with Crippen LogP contribution in [0.5, 0.6) is 0 Å². The number of hydrogen-bond donors (Lipinski definition) is 0. The van der Waals surface area contributed by atoms with Gasteiger partial charge in [0.25, 0.3) is 0 Å². The van der Waals surface area contributed by atoms with Crippen LogP contribution in [0.4, 0.5) is 0 Å². The average Bonchev–Trinajstić information content (AvgIpc) is 2.81. The van der Waals surface area contributed by atoms with Gasteiger partial charge >= 0.3 is 5.97 Å². The number of hydrogen-bond acceptors (Lipinski definition) is 5. The van der Waals surface area contributed by atoms with Crippen molar-refractivity contribution in [2.75, 3.05) is 20.8 Å². The molecule has 0 aliphatic heterocycles. The van der Waals surface area contributed by atoms with E-state index >= 15 is 0 Å². The number of nitrogens with zero attached hydrogens (tertiary/aromatic N) is 3. The molecule has 0 N–H and O–H groups in total. The second-order valence-corrected chi connectivity index (χ2v) is 4.03. The second kappa shape index (κ2) is 7.10. The van der Waals surface area contributed by atoms with Gasteiger partial charge in [-0.05, 0) is 12.8 Å². The van der Waals surface area contributed by atoms with Crippen LogP contribution in [0.25, 0.3) is 0 Å². The van der Waals surface area contributed by atoms with E-state index < -0.39 is 5.97 Å². The Morgan fingerprint density at radius 1 is 1.33 bits per heavy atom. The molecular weight excluding hydrogens is 234 g/mol. The van der Waals surface area contributed by atoms with E-state index in [0.717, 1.165) is 18.5 Å². The fourth-order valence-corrected chi connectivity index (χ4v) is 1.93. The zero-order chi connectivity index (χ0) is 13.5. The normalized spacial score (nSPS) is 10.9. The van der Waals surface area contributed by atoms with Crippen LogP contribution >= 0.6 is 0 Å². The molecule has 0 amide bonds. The van der Waals surface area contributed by atoms with E-state index in [1.807, 2.05) is 4.68 Å². The predicted octanol–water partition coefficient (Wildman–Crippen LogP) is 1.61. The minimum absolute atomic E-state index is 0.253. The first-order chi connectivity index (χ1) is 8.69. The largest absolute Gasteiger partial charge is 0.464 e. The molecule has 102 valence electrons. The van der Waals surface area contributed by atoms with E-state index in [1.54, 1.807) is 7.11 Å². The Morgan fingerprint density at radius 3 is 2.50 bits per heavy atom. The second-order valence-electron chi connectivity index (χ2n) is 4.03. The number of rotatable bonds is 7. The molecule has 0 fully saturated rings. The number of esters is 1. The van der Waals surface area contributed by atoms with Crippen LogP contribution in [0.2, 0.25) is 0 Å². The summed E-state index contributed by atoms with van der Waals surface area (Å²) in [6.07, 6.45) is 2.49. The molecule has 1 aromatic heterocycles. The van der Waals surface area contributed by atoms with E-state index in [4.69, 9.17) is 9.47 Å². The van der Waals surface area contributed by atoms with Crippen molar-refractivity contribution in [3.05, 3.63) is 11.4 Å². The molecule has 0 spiro atoms. The number of methoxy groups -OCH3 is 2. The lowest BCUT2D eigenvalue weighted by Crippen LogP contribution is -2.16. The summed E-state index contributed by atoms with van der Waals surface area (Å²) in [5, 5.41) is 8.03. The van der Waals surface area contributed by atoms with Gasteiger partial charge in [-0.2, -0.15) is 0 Å². The van der Waals surface area contributed by atoms with Crippen LogP contribution in [-0.4, -0.2) is 41.8 Å². The molecule has 0 aromatic carbocycles. The first kappa shape index (κ1) is 14.6. The number of ether oxygens (including phenoxy) is 2. The van der Waals surface area contributed by atoms with Gasteiger partial charge in [0.1, 0.15) is 0 Å². The summed E-state index contributed by atoms with van der Waals surface area (Å²) >= 11 is 0. The summed E-state index contributed by atoms with van der Waals surface area (Å²) in [5.41, 5.74) is 1.08. The number of carbonyl (C=O) groups is 1. The van der Waals surface area contributed by atoms with E-state index in [-0.39, 0.29) is 6.04 Å². The predicted molar refractivity (Wildman–Crippen MR) is 66.6 cm³/mol. The minimum atomic E-state index is -0.446. The highest BCUT2D eigenvalue weighted by Crippen LogP contribution is 2.19. The Hall–Kier alpha value is -1.43. The molecule has 6 nitrogen and oxygen atoms in total. The summed E-state index contributed by atoms with van der Waals surface area (Å²) in [6.45, 7) is 4.71. The van der Waals surface area contributed by atoms with Crippen LogP contribution in [0.1, 0.15) is 48.9 Å². The quantitative estimate of drug-likeness (QED) is 0.692. The lowest BCUT2D eigenvalue weighted by Gasteiger charge is -2.15. The van der Waals surface area contributed by atoms with Crippen molar-refractivity contribution in [2.24, 2.45) is 0 Å². The summed E-state index contributed by atoms with van der Waals surface area (Å²) in [5.74, 6) is -0.446. The fraction of sp³-hybridized carbons (Fsp3) is 0.750. The topological polar surface area (TPSA) is 66.2 Å². The molecule has 1 heterocycles. The molecule has 0 aliphatic carbocycles. The van der Waals surface area contributed by atoms with E-state index in [2.05, 4.69) is 24.2 Å². The van der Waals surface area contributed by atoms with Crippen LogP contribution in [-0.2, 0) is 15.9 Å². The molecule has 1 rings (SSSR count). The Balaban J connectivity index is 3.09. The molecule has 0 bridgehead atoms. The zero-order valence-corrected chi connectivity index (χ0v) is 11.5. The van der Waals surface area contributed by atoms with Crippen LogP contribution in [0, 0.1) is 0 Å². The zero-order valence-electron chi connectivity index (χ0n) is 11.5. The van der Waals surface area contributed by atoms with E-state index in [0.29, 0.717) is 18.7 Å². The molecule has 0 aliphatic rings. The molecule has 0 saturated heterocycles. The minimum Gasteiger partial charge on any atom is -0.464 e. The standard InChI is InChI=1S/C12H21N3O3/c1-5-9(6-2)15-10(7-8-17-3)11(13-14-15)12(16)18-4/h9H,5-8H2,1-4H3. The smallest absolute Gasteiger partial charge is 0.360 e. The third-order valence-corrected chi connectivity index (χ3v) is 3.00. The van der Waals surface area contributed by atoms with E-state index in [9.17, 15) is 4.79 Å². The van der Waals surface area contributed by atoms with Crippen molar-refractivity contribution in [3.63, 3.8) is 0 Å². The highest BCUT2D eigenvalue weighted by Gasteiger charge is 2.22. The van der Waals surface area contributed by atoms with Gasteiger partial charge in [0.05, 0.1) is 25.5 Å². The van der Waals surface area contributed by atoms with E-state index in [1.165, 1.54) is 7.11 Å². The van der Waals surface area contributed by atoms with Gasteiger partial charge in [-0.15, -0.1) is 5.10 Å². The van der Waals surface area contributed by atoms with Crippen LogP contribution in [0.15, 0.2) is 0 Å². The maximum Gasteiger partial charge on any atom is 0.360 e. The molecule has 1 aromatic rings.